The Labute approximate surface area is 138 Å². The minimum atomic E-state index is 0.264. The number of aldehydes is 1. The summed E-state index contributed by atoms with van der Waals surface area (Å²) in [7, 11) is 3.43. The number of carbonyl (C=O) groups is 1. The lowest BCUT2D eigenvalue weighted by atomic mass is 10.0. The van der Waals surface area contributed by atoms with E-state index in [0.717, 1.165) is 28.8 Å². The molecule has 0 aliphatic rings. The largest absolute Gasteiger partial charge is 0.497 e. The molecule has 24 heavy (non-hydrogen) atoms. The number of rotatable bonds is 3. The van der Waals surface area contributed by atoms with Gasteiger partial charge in [0, 0.05) is 18.0 Å². The van der Waals surface area contributed by atoms with E-state index in [2.05, 4.69) is 0 Å². The van der Waals surface area contributed by atoms with Crippen LogP contribution in [0.1, 0.15) is 21.5 Å². The van der Waals surface area contributed by atoms with Gasteiger partial charge >= 0.3 is 0 Å². The summed E-state index contributed by atoms with van der Waals surface area (Å²) < 4.78 is 7.03. The molecule has 2 aromatic carbocycles. The van der Waals surface area contributed by atoms with Gasteiger partial charge in [-0.3, -0.25) is 4.79 Å². The standard InChI is InChI=1S/C19H13N3O2/c1-22-18-8-14(10-21)13(9-20)7-16(18)17(11-23)19(22)12-3-5-15(24-2)6-4-12/h3-8,11H,1-2H3. The molecule has 1 aromatic heterocycles. The summed E-state index contributed by atoms with van der Waals surface area (Å²) in [6.45, 7) is 0. The van der Waals surface area contributed by atoms with Gasteiger partial charge in [0.25, 0.3) is 0 Å². The van der Waals surface area contributed by atoms with Crippen molar-refractivity contribution in [3.63, 3.8) is 0 Å². The van der Waals surface area contributed by atoms with Crippen LogP contribution in [0.3, 0.4) is 0 Å². The average Bonchev–Trinajstić information content (AvgIpc) is 2.91. The number of benzene rings is 2. The highest BCUT2D eigenvalue weighted by Crippen LogP contribution is 2.34. The van der Waals surface area contributed by atoms with E-state index >= 15 is 0 Å². The van der Waals surface area contributed by atoms with Crippen LogP contribution in [0.4, 0.5) is 0 Å². The molecule has 0 saturated heterocycles. The second-order valence-electron chi connectivity index (χ2n) is 5.31. The summed E-state index contributed by atoms with van der Waals surface area (Å²) in [5.41, 5.74) is 3.39. The third-order valence-corrected chi connectivity index (χ3v) is 4.10. The van der Waals surface area contributed by atoms with Crippen molar-refractivity contribution in [3.8, 4) is 29.1 Å². The molecule has 0 spiro atoms. The van der Waals surface area contributed by atoms with Crippen LogP contribution in [-0.4, -0.2) is 18.0 Å². The Morgan fingerprint density at radius 2 is 1.71 bits per heavy atom. The van der Waals surface area contributed by atoms with Gasteiger partial charge in [-0.15, -0.1) is 0 Å². The van der Waals surface area contributed by atoms with Gasteiger partial charge in [0.05, 0.1) is 29.4 Å². The molecule has 0 aliphatic carbocycles. The van der Waals surface area contributed by atoms with Crippen LogP contribution >= 0.6 is 0 Å². The Balaban J connectivity index is 2.36. The summed E-state index contributed by atoms with van der Waals surface area (Å²) in [5.74, 6) is 0.726. The Morgan fingerprint density at radius 3 is 2.25 bits per heavy atom. The Morgan fingerprint density at radius 1 is 1.08 bits per heavy atom. The number of aryl methyl sites for hydroxylation is 1. The molecule has 0 unspecified atom stereocenters. The van der Waals surface area contributed by atoms with E-state index in [0.29, 0.717) is 16.5 Å². The van der Waals surface area contributed by atoms with Crippen LogP contribution in [-0.2, 0) is 7.05 Å². The van der Waals surface area contributed by atoms with E-state index in [9.17, 15) is 15.3 Å². The zero-order valence-corrected chi connectivity index (χ0v) is 13.2. The van der Waals surface area contributed by atoms with Crippen LogP contribution in [0.2, 0.25) is 0 Å². The van der Waals surface area contributed by atoms with Gasteiger partial charge in [-0.2, -0.15) is 10.5 Å². The quantitative estimate of drug-likeness (QED) is 0.694. The maximum absolute atomic E-state index is 11.7. The molecule has 0 saturated carbocycles. The number of hydrogen-bond donors (Lipinski definition) is 0. The number of nitrogens with zero attached hydrogens (tertiary/aromatic N) is 3. The fourth-order valence-corrected chi connectivity index (χ4v) is 2.91. The van der Waals surface area contributed by atoms with E-state index in [1.165, 1.54) is 0 Å². The molecule has 5 nitrogen and oxygen atoms in total. The summed E-state index contributed by atoms with van der Waals surface area (Å²) >= 11 is 0. The topological polar surface area (TPSA) is 78.8 Å². The highest BCUT2D eigenvalue weighted by molar-refractivity contribution is 6.05. The SMILES string of the molecule is COc1ccc(-c2c(C=O)c3cc(C#N)c(C#N)cc3n2C)cc1. The number of ether oxygens (including phenoxy) is 1. The molecule has 0 aliphatic heterocycles. The predicted octanol–water partition coefficient (Wildman–Crippen LogP) is 3.41. The number of fused-ring (bicyclic) bond motifs is 1. The second kappa shape index (κ2) is 5.91. The number of hydrogen-bond acceptors (Lipinski definition) is 4. The van der Waals surface area contributed by atoms with E-state index in [4.69, 9.17) is 4.74 Å². The first-order valence-electron chi connectivity index (χ1n) is 7.20. The highest BCUT2D eigenvalue weighted by Gasteiger charge is 2.18. The van der Waals surface area contributed by atoms with Gasteiger partial charge in [0.1, 0.15) is 17.9 Å². The van der Waals surface area contributed by atoms with Crippen LogP contribution in [0.15, 0.2) is 36.4 Å². The van der Waals surface area contributed by atoms with Crippen molar-refractivity contribution in [3.05, 3.63) is 53.1 Å². The van der Waals surface area contributed by atoms with Gasteiger partial charge in [-0.05, 0) is 42.0 Å². The highest BCUT2D eigenvalue weighted by atomic mass is 16.5. The molecule has 0 amide bonds. The second-order valence-corrected chi connectivity index (χ2v) is 5.31. The molecule has 3 aromatic rings. The predicted molar refractivity (Wildman–Crippen MR) is 89.7 cm³/mol. The van der Waals surface area contributed by atoms with Crippen molar-refractivity contribution in [2.24, 2.45) is 7.05 Å². The van der Waals surface area contributed by atoms with Crippen LogP contribution in [0, 0.1) is 22.7 Å². The number of nitriles is 2. The molecule has 3 rings (SSSR count). The zero-order chi connectivity index (χ0) is 17.3. The molecular weight excluding hydrogens is 302 g/mol. The molecule has 0 atom stereocenters. The zero-order valence-electron chi connectivity index (χ0n) is 13.2. The lowest BCUT2D eigenvalue weighted by Crippen LogP contribution is -1.94. The lowest BCUT2D eigenvalue weighted by Gasteiger charge is -2.07. The molecule has 116 valence electrons. The third-order valence-electron chi connectivity index (χ3n) is 4.10. The number of methoxy groups -OCH3 is 1. The molecule has 0 N–H and O–H groups in total. The van der Waals surface area contributed by atoms with Gasteiger partial charge in [-0.25, -0.2) is 0 Å². The Hall–Kier alpha value is -3.57. The monoisotopic (exact) mass is 315 g/mol. The van der Waals surface area contributed by atoms with Gasteiger partial charge in [-0.1, -0.05) is 0 Å². The van der Waals surface area contributed by atoms with Crippen LogP contribution in [0.5, 0.6) is 5.75 Å². The number of aromatic nitrogens is 1. The average molecular weight is 315 g/mol. The molecule has 0 bridgehead atoms. The Kier molecular flexibility index (Phi) is 3.77. The maximum Gasteiger partial charge on any atom is 0.152 e. The molecule has 0 fully saturated rings. The van der Waals surface area contributed by atoms with Gasteiger partial charge < -0.3 is 9.30 Å². The normalized spacial score (nSPS) is 10.2. The Bertz CT molecular complexity index is 1030. The fraction of sp³-hybridized carbons (Fsp3) is 0.105. The van der Waals surface area contributed by atoms with Crippen LogP contribution in [0.25, 0.3) is 22.2 Å². The summed E-state index contributed by atoms with van der Waals surface area (Å²) in [6, 6.07) is 14.7. The van der Waals surface area contributed by atoms with Crippen molar-refractivity contribution in [2.45, 2.75) is 0 Å². The van der Waals surface area contributed by atoms with Crippen molar-refractivity contribution < 1.29 is 9.53 Å². The summed E-state index contributed by atoms with van der Waals surface area (Å²) in [4.78, 5) is 11.7. The molecular formula is C19H13N3O2. The van der Waals surface area contributed by atoms with E-state index in [1.54, 1.807) is 19.2 Å². The fourth-order valence-electron chi connectivity index (χ4n) is 2.91. The van der Waals surface area contributed by atoms with E-state index in [1.807, 2.05) is 48.0 Å². The maximum atomic E-state index is 11.7. The summed E-state index contributed by atoms with van der Waals surface area (Å²) in [5, 5.41) is 19.1. The molecule has 0 radical (unpaired) electrons. The van der Waals surface area contributed by atoms with Crippen molar-refractivity contribution in [1.29, 1.82) is 10.5 Å². The van der Waals surface area contributed by atoms with E-state index in [-0.39, 0.29) is 5.56 Å². The minimum absolute atomic E-state index is 0.264. The first-order valence-corrected chi connectivity index (χ1v) is 7.20. The lowest BCUT2D eigenvalue weighted by molar-refractivity contribution is 0.112. The van der Waals surface area contributed by atoms with Gasteiger partial charge in [0.2, 0.25) is 0 Å². The van der Waals surface area contributed by atoms with Gasteiger partial charge in [0.15, 0.2) is 6.29 Å². The minimum Gasteiger partial charge on any atom is -0.497 e. The summed E-state index contributed by atoms with van der Waals surface area (Å²) in [6.07, 6.45) is 0.787. The number of carbonyl (C=O) groups excluding carboxylic acids is 1. The van der Waals surface area contributed by atoms with Crippen molar-refractivity contribution in [1.82, 2.24) is 4.57 Å². The first-order chi connectivity index (χ1) is 11.6. The van der Waals surface area contributed by atoms with Crippen LogP contribution < -0.4 is 4.74 Å². The first kappa shape index (κ1) is 15.3. The smallest absolute Gasteiger partial charge is 0.152 e. The third kappa shape index (κ3) is 2.20. The van der Waals surface area contributed by atoms with E-state index < -0.39 is 0 Å². The van der Waals surface area contributed by atoms with Crippen molar-refractivity contribution >= 4 is 17.2 Å². The molecule has 1 heterocycles. The van der Waals surface area contributed by atoms with Crippen molar-refractivity contribution in [2.75, 3.05) is 7.11 Å². The molecule has 5 heteroatoms.